The Labute approximate surface area is 142 Å². The SMILES string of the molecule is N#Cc1ccc(F)c(CN2CCC[C@@](O)(c3ccccc3)CC2)c1. The van der Waals surface area contributed by atoms with Gasteiger partial charge in [-0.05, 0) is 49.6 Å². The molecular weight excluding hydrogens is 303 g/mol. The number of hydrogen-bond acceptors (Lipinski definition) is 3. The quantitative estimate of drug-likeness (QED) is 0.939. The van der Waals surface area contributed by atoms with E-state index in [-0.39, 0.29) is 5.82 Å². The molecule has 3 nitrogen and oxygen atoms in total. The van der Waals surface area contributed by atoms with Crippen LogP contribution < -0.4 is 0 Å². The summed E-state index contributed by atoms with van der Waals surface area (Å²) in [7, 11) is 0. The molecule has 4 heteroatoms. The normalized spacial score (nSPS) is 21.9. The first kappa shape index (κ1) is 16.6. The average Bonchev–Trinajstić information content (AvgIpc) is 2.80. The van der Waals surface area contributed by atoms with Gasteiger partial charge in [-0.1, -0.05) is 30.3 Å². The molecule has 1 aliphatic heterocycles. The van der Waals surface area contributed by atoms with Crippen molar-refractivity contribution >= 4 is 0 Å². The molecule has 1 heterocycles. The van der Waals surface area contributed by atoms with Crippen LogP contribution in [0.15, 0.2) is 48.5 Å². The molecule has 2 aromatic rings. The van der Waals surface area contributed by atoms with Crippen LogP contribution in [-0.4, -0.2) is 23.1 Å². The summed E-state index contributed by atoms with van der Waals surface area (Å²) in [6.07, 6.45) is 2.18. The molecular formula is C20H21FN2O. The van der Waals surface area contributed by atoms with Gasteiger partial charge in [-0.25, -0.2) is 4.39 Å². The Bertz CT molecular complexity index is 741. The highest BCUT2D eigenvalue weighted by molar-refractivity contribution is 5.33. The summed E-state index contributed by atoms with van der Waals surface area (Å²) in [5.74, 6) is -0.281. The molecule has 0 aliphatic carbocycles. The van der Waals surface area contributed by atoms with Crippen molar-refractivity contribution in [3.05, 3.63) is 71.0 Å². The number of aliphatic hydroxyl groups is 1. The first-order valence-electron chi connectivity index (χ1n) is 8.29. The maximum atomic E-state index is 14.0. The fraction of sp³-hybridized carbons (Fsp3) is 0.350. The molecule has 124 valence electrons. The molecule has 3 rings (SSSR count). The molecule has 0 bridgehead atoms. The smallest absolute Gasteiger partial charge is 0.127 e. The minimum atomic E-state index is -0.816. The molecule has 0 radical (unpaired) electrons. The lowest BCUT2D eigenvalue weighted by Crippen LogP contribution is -2.29. The lowest BCUT2D eigenvalue weighted by atomic mass is 9.87. The summed E-state index contributed by atoms with van der Waals surface area (Å²) in [4.78, 5) is 2.15. The van der Waals surface area contributed by atoms with Crippen LogP contribution in [0.25, 0.3) is 0 Å². The molecule has 2 aromatic carbocycles. The van der Waals surface area contributed by atoms with Crippen LogP contribution in [0.4, 0.5) is 4.39 Å². The molecule has 1 fully saturated rings. The predicted molar refractivity (Wildman–Crippen MR) is 90.6 cm³/mol. The summed E-state index contributed by atoms with van der Waals surface area (Å²) in [6.45, 7) is 1.97. The Balaban J connectivity index is 1.71. The van der Waals surface area contributed by atoms with Crippen LogP contribution in [-0.2, 0) is 12.1 Å². The van der Waals surface area contributed by atoms with E-state index in [1.54, 1.807) is 6.07 Å². The highest BCUT2D eigenvalue weighted by atomic mass is 19.1. The number of hydrogen-bond donors (Lipinski definition) is 1. The Morgan fingerprint density at radius 2 is 1.92 bits per heavy atom. The number of halogens is 1. The Morgan fingerprint density at radius 1 is 1.12 bits per heavy atom. The Hall–Kier alpha value is -2.22. The molecule has 1 saturated heterocycles. The van der Waals surface area contributed by atoms with Crippen LogP contribution in [0.2, 0.25) is 0 Å². The van der Waals surface area contributed by atoms with Crippen molar-refractivity contribution in [2.75, 3.05) is 13.1 Å². The molecule has 0 amide bonds. The van der Waals surface area contributed by atoms with E-state index in [2.05, 4.69) is 11.0 Å². The van der Waals surface area contributed by atoms with E-state index in [4.69, 9.17) is 5.26 Å². The van der Waals surface area contributed by atoms with Crippen molar-refractivity contribution in [2.45, 2.75) is 31.4 Å². The van der Waals surface area contributed by atoms with Gasteiger partial charge in [0.25, 0.3) is 0 Å². The number of rotatable bonds is 3. The van der Waals surface area contributed by atoms with Gasteiger partial charge in [0.15, 0.2) is 0 Å². The van der Waals surface area contributed by atoms with Crippen molar-refractivity contribution < 1.29 is 9.50 Å². The lowest BCUT2D eigenvalue weighted by molar-refractivity contribution is 0.0210. The van der Waals surface area contributed by atoms with Gasteiger partial charge in [-0.15, -0.1) is 0 Å². The zero-order valence-electron chi connectivity index (χ0n) is 13.6. The maximum Gasteiger partial charge on any atom is 0.127 e. The molecule has 1 aliphatic rings. The molecule has 1 N–H and O–H groups in total. The van der Waals surface area contributed by atoms with E-state index < -0.39 is 5.60 Å². The Kier molecular flexibility index (Phi) is 4.94. The minimum absolute atomic E-state index is 0.281. The second kappa shape index (κ2) is 7.12. The number of likely N-dealkylation sites (tertiary alicyclic amines) is 1. The van der Waals surface area contributed by atoms with Crippen molar-refractivity contribution in [1.29, 1.82) is 5.26 Å². The van der Waals surface area contributed by atoms with E-state index in [9.17, 15) is 9.50 Å². The van der Waals surface area contributed by atoms with E-state index in [1.807, 2.05) is 30.3 Å². The van der Waals surface area contributed by atoms with E-state index in [0.717, 1.165) is 18.5 Å². The summed E-state index contributed by atoms with van der Waals surface area (Å²) in [5.41, 5.74) is 1.15. The first-order chi connectivity index (χ1) is 11.6. The third kappa shape index (κ3) is 3.64. The summed E-state index contributed by atoms with van der Waals surface area (Å²) in [6, 6.07) is 16.3. The summed E-state index contributed by atoms with van der Waals surface area (Å²) in [5, 5.41) is 20.0. The van der Waals surface area contributed by atoms with E-state index in [0.29, 0.717) is 37.1 Å². The monoisotopic (exact) mass is 324 g/mol. The topological polar surface area (TPSA) is 47.3 Å². The van der Waals surface area contributed by atoms with Crippen LogP contribution in [0.5, 0.6) is 0 Å². The summed E-state index contributed by atoms with van der Waals surface area (Å²) >= 11 is 0. The van der Waals surface area contributed by atoms with Crippen molar-refractivity contribution in [1.82, 2.24) is 4.90 Å². The van der Waals surface area contributed by atoms with Crippen LogP contribution in [0.3, 0.4) is 0 Å². The zero-order chi connectivity index (χ0) is 17.0. The van der Waals surface area contributed by atoms with Crippen molar-refractivity contribution in [2.24, 2.45) is 0 Å². The van der Waals surface area contributed by atoms with E-state index >= 15 is 0 Å². The lowest BCUT2D eigenvalue weighted by Gasteiger charge is -2.27. The van der Waals surface area contributed by atoms with Gasteiger partial charge >= 0.3 is 0 Å². The fourth-order valence-electron chi connectivity index (χ4n) is 3.38. The van der Waals surface area contributed by atoms with Crippen LogP contribution >= 0.6 is 0 Å². The van der Waals surface area contributed by atoms with Crippen molar-refractivity contribution in [3.63, 3.8) is 0 Å². The van der Waals surface area contributed by atoms with Gasteiger partial charge in [-0.2, -0.15) is 5.26 Å². The molecule has 0 saturated carbocycles. The number of nitrogens with zero attached hydrogens (tertiary/aromatic N) is 2. The largest absolute Gasteiger partial charge is 0.385 e. The van der Waals surface area contributed by atoms with Gasteiger partial charge in [0, 0.05) is 18.7 Å². The third-order valence-corrected chi connectivity index (χ3v) is 4.79. The standard InChI is InChI=1S/C20H21FN2O/c21-19-8-7-16(14-22)13-17(19)15-23-11-4-9-20(24,10-12-23)18-5-2-1-3-6-18/h1-3,5-8,13,24H,4,9-12,15H2/t20-/m0/s1. The molecule has 0 unspecified atom stereocenters. The molecule has 24 heavy (non-hydrogen) atoms. The zero-order valence-corrected chi connectivity index (χ0v) is 13.6. The highest BCUT2D eigenvalue weighted by Crippen LogP contribution is 2.33. The first-order valence-corrected chi connectivity index (χ1v) is 8.29. The van der Waals surface area contributed by atoms with E-state index in [1.165, 1.54) is 12.1 Å². The van der Waals surface area contributed by atoms with Gasteiger partial charge in [0.1, 0.15) is 5.82 Å². The second-order valence-corrected chi connectivity index (χ2v) is 6.45. The Morgan fingerprint density at radius 3 is 2.67 bits per heavy atom. The molecule has 1 atom stereocenters. The fourth-order valence-corrected chi connectivity index (χ4v) is 3.38. The van der Waals surface area contributed by atoms with Crippen LogP contribution in [0, 0.1) is 17.1 Å². The maximum absolute atomic E-state index is 14.0. The van der Waals surface area contributed by atoms with Gasteiger partial charge in [0.05, 0.1) is 17.2 Å². The van der Waals surface area contributed by atoms with Gasteiger partial charge < -0.3 is 5.11 Å². The molecule has 0 spiro atoms. The van der Waals surface area contributed by atoms with Crippen molar-refractivity contribution in [3.8, 4) is 6.07 Å². The molecule has 0 aromatic heterocycles. The average molecular weight is 324 g/mol. The van der Waals surface area contributed by atoms with Gasteiger partial charge in [0.2, 0.25) is 0 Å². The van der Waals surface area contributed by atoms with Crippen LogP contribution in [0.1, 0.15) is 36.0 Å². The number of nitriles is 1. The number of benzene rings is 2. The second-order valence-electron chi connectivity index (χ2n) is 6.45. The minimum Gasteiger partial charge on any atom is -0.385 e. The third-order valence-electron chi connectivity index (χ3n) is 4.79. The predicted octanol–water partition coefficient (Wildman–Crippen LogP) is 3.57. The summed E-state index contributed by atoms with van der Waals surface area (Å²) < 4.78 is 14.0. The van der Waals surface area contributed by atoms with Gasteiger partial charge in [-0.3, -0.25) is 4.90 Å². The highest BCUT2D eigenvalue weighted by Gasteiger charge is 2.31.